The van der Waals surface area contributed by atoms with Crippen LogP contribution >= 0.6 is 24.0 Å². The highest BCUT2D eigenvalue weighted by atomic mass is 127. The SMILES string of the molecule is CCNC(=NCCCC1CCCCC1)NCCO.I. The summed E-state index contributed by atoms with van der Waals surface area (Å²) in [5.41, 5.74) is 0. The molecular formula is C14H30IN3O. The maximum absolute atomic E-state index is 8.78. The highest BCUT2D eigenvalue weighted by Gasteiger charge is 2.12. The van der Waals surface area contributed by atoms with Crippen LogP contribution in [0.15, 0.2) is 4.99 Å². The first kappa shape index (κ1) is 19.0. The minimum absolute atomic E-state index is 0. The Hall–Kier alpha value is -0.0400. The Morgan fingerprint density at radius 2 is 1.95 bits per heavy atom. The number of rotatable bonds is 7. The number of hydrogen-bond acceptors (Lipinski definition) is 2. The molecule has 114 valence electrons. The zero-order valence-corrected chi connectivity index (χ0v) is 14.5. The van der Waals surface area contributed by atoms with Crippen LogP contribution in [0.1, 0.15) is 51.9 Å². The third kappa shape index (κ3) is 9.49. The molecule has 0 saturated heterocycles. The van der Waals surface area contributed by atoms with Crippen LogP contribution in [0, 0.1) is 5.92 Å². The number of hydrogen-bond donors (Lipinski definition) is 3. The number of guanidine groups is 1. The van der Waals surface area contributed by atoms with Gasteiger partial charge in [0, 0.05) is 19.6 Å². The summed E-state index contributed by atoms with van der Waals surface area (Å²) in [5, 5.41) is 15.1. The van der Waals surface area contributed by atoms with E-state index in [1.54, 1.807) is 0 Å². The van der Waals surface area contributed by atoms with Gasteiger partial charge in [-0.15, -0.1) is 24.0 Å². The Morgan fingerprint density at radius 1 is 1.21 bits per heavy atom. The molecule has 0 aromatic carbocycles. The van der Waals surface area contributed by atoms with Gasteiger partial charge in [0.1, 0.15) is 0 Å². The van der Waals surface area contributed by atoms with Gasteiger partial charge < -0.3 is 15.7 Å². The molecule has 0 spiro atoms. The third-order valence-corrected chi connectivity index (χ3v) is 3.51. The number of aliphatic hydroxyl groups excluding tert-OH is 1. The maximum atomic E-state index is 8.78. The van der Waals surface area contributed by atoms with Gasteiger partial charge in [0.2, 0.25) is 0 Å². The van der Waals surface area contributed by atoms with E-state index in [1.165, 1.54) is 44.9 Å². The molecule has 0 aromatic rings. The molecule has 0 aromatic heterocycles. The highest BCUT2D eigenvalue weighted by molar-refractivity contribution is 14.0. The van der Waals surface area contributed by atoms with Crippen molar-refractivity contribution in [2.75, 3.05) is 26.2 Å². The highest BCUT2D eigenvalue weighted by Crippen LogP contribution is 2.27. The predicted molar refractivity (Wildman–Crippen MR) is 92.3 cm³/mol. The minimum Gasteiger partial charge on any atom is -0.395 e. The summed E-state index contributed by atoms with van der Waals surface area (Å²) in [5.74, 6) is 1.78. The van der Waals surface area contributed by atoms with Crippen LogP contribution in [0.4, 0.5) is 0 Å². The van der Waals surface area contributed by atoms with Gasteiger partial charge >= 0.3 is 0 Å². The number of halogens is 1. The Bertz CT molecular complexity index is 231. The van der Waals surface area contributed by atoms with E-state index in [0.717, 1.165) is 25.0 Å². The lowest BCUT2D eigenvalue weighted by Crippen LogP contribution is -2.38. The summed E-state index contributed by atoms with van der Waals surface area (Å²) >= 11 is 0. The number of aliphatic imine (C=N–C) groups is 1. The molecule has 0 bridgehead atoms. The van der Waals surface area contributed by atoms with Gasteiger partial charge in [-0.25, -0.2) is 0 Å². The van der Waals surface area contributed by atoms with Crippen LogP contribution in [0.2, 0.25) is 0 Å². The number of aliphatic hydroxyl groups is 1. The molecule has 0 heterocycles. The fourth-order valence-corrected chi connectivity index (χ4v) is 2.56. The second-order valence-corrected chi connectivity index (χ2v) is 5.06. The van der Waals surface area contributed by atoms with Crippen molar-refractivity contribution in [1.29, 1.82) is 0 Å². The molecule has 1 aliphatic carbocycles. The molecule has 1 saturated carbocycles. The quantitative estimate of drug-likeness (QED) is 0.274. The van der Waals surface area contributed by atoms with Crippen LogP contribution in [-0.4, -0.2) is 37.3 Å². The lowest BCUT2D eigenvalue weighted by atomic mass is 9.86. The summed E-state index contributed by atoms with van der Waals surface area (Å²) in [6.45, 7) is 4.51. The lowest BCUT2D eigenvalue weighted by molar-refractivity contribution is 0.300. The summed E-state index contributed by atoms with van der Waals surface area (Å²) in [6.07, 6.45) is 9.63. The van der Waals surface area contributed by atoms with E-state index in [-0.39, 0.29) is 30.6 Å². The topological polar surface area (TPSA) is 56.7 Å². The predicted octanol–water partition coefficient (Wildman–Crippen LogP) is 2.51. The molecule has 0 aliphatic heterocycles. The van der Waals surface area contributed by atoms with Crippen molar-refractivity contribution < 1.29 is 5.11 Å². The van der Waals surface area contributed by atoms with Crippen LogP contribution in [-0.2, 0) is 0 Å². The van der Waals surface area contributed by atoms with Gasteiger partial charge in [0.15, 0.2) is 5.96 Å². The minimum atomic E-state index is 0. The van der Waals surface area contributed by atoms with Gasteiger partial charge in [-0.2, -0.15) is 0 Å². The van der Waals surface area contributed by atoms with Crippen LogP contribution in [0.5, 0.6) is 0 Å². The summed E-state index contributed by atoms with van der Waals surface area (Å²) in [6, 6.07) is 0. The molecule has 5 heteroatoms. The van der Waals surface area contributed by atoms with E-state index < -0.39 is 0 Å². The zero-order valence-electron chi connectivity index (χ0n) is 12.2. The first-order valence-corrected chi connectivity index (χ1v) is 7.50. The number of nitrogens with one attached hydrogen (secondary N) is 2. The van der Waals surface area contributed by atoms with Crippen molar-refractivity contribution >= 4 is 29.9 Å². The average molecular weight is 383 g/mol. The lowest BCUT2D eigenvalue weighted by Gasteiger charge is -2.20. The molecule has 19 heavy (non-hydrogen) atoms. The average Bonchev–Trinajstić information content (AvgIpc) is 2.42. The van der Waals surface area contributed by atoms with Crippen molar-refractivity contribution in [2.45, 2.75) is 51.9 Å². The second kappa shape index (κ2) is 13.0. The molecule has 0 radical (unpaired) electrons. The van der Waals surface area contributed by atoms with Crippen LogP contribution in [0.25, 0.3) is 0 Å². The molecule has 0 amide bonds. The van der Waals surface area contributed by atoms with Crippen molar-refractivity contribution in [3.05, 3.63) is 0 Å². The van der Waals surface area contributed by atoms with E-state index in [9.17, 15) is 0 Å². The third-order valence-electron chi connectivity index (χ3n) is 3.51. The first-order chi connectivity index (χ1) is 8.86. The standard InChI is InChI=1S/C14H29N3O.HI/c1-2-15-14(17-11-12-18)16-10-6-9-13-7-4-3-5-8-13;/h13,18H,2-12H2,1H3,(H2,15,16,17);1H. The molecule has 3 N–H and O–H groups in total. The Balaban J connectivity index is 0.00000324. The molecule has 1 aliphatic rings. The molecule has 1 rings (SSSR count). The summed E-state index contributed by atoms with van der Waals surface area (Å²) < 4.78 is 0. The molecule has 0 atom stereocenters. The first-order valence-electron chi connectivity index (χ1n) is 7.50. The summed E-state index contributed by atoms with van der Waals surface area (Å²) in [4.78, 5) is 4.52. The number of nitrogens with zero attached hydrogens (tertiary/aromatic N) is 1. The van der Waals surface area contributed by atoms with Crippen molar-refractivity contribution in [2.24, 2.45) is 10.9 Å². The fourth-order valence-electron chi connectivity index (χ4n) is 2.56. The van der Waals surface area contributed by atoms with Crippen LogP contribution < -0.4 is 10.6 Å². The largest absolute Gasteiger partial charge is 0.395 e. The Kier molecular flexibility index (Phi) is 12.9. The normalized spacial score (nSPS) is 16.8. The Morgan fingerprint density at radius 3 is 2.58 bits per heavy atom. The van der Waals surface area contributed by atoms with Crippen LogP contribution in [0.3, 0.4) is 0 Å². The fraction of sp³-hybridized carbons (Fsp3) is 0.929. The second-order valence-electron chi connectivity index (χ2n) is 5.06. The van der Waals surface area contributed by atoms with Crippen molar-refractivity contribution in [1.82, 2.24) is 10.6 Å². The van der Waals surface area contributed by atoms with Gasteiger partial charge in [-0.05, 0) is 25.7 Å². The van der Waals surface area contributed by atoms with Gasteiger partial charge in [-0.1, -0.05) is 32.1 Å². The van der Waals surface area contributed by atoms with E-state index in [1.807, 2.05) is 0 Å². The maximum Gasteiger partial charge on any atom is 0.191 e. The Labute approximate surface area is 134 Å². The molecule has 4 nitrogen and oxygen atoms in total. The molecular weight excluding hydrogens is 353 g/mol. The smallest absolute Gasteiger partial charge is 0.191 e. The summed E-state index contributed by atoms with van der Waals surface area (Å²) in [7, 11) is 0. The van der Waals surface area contributed by atoms with E-state index in [0.29, 0.717) is 6.54 Å². The van der Waals surface area contributed by atoms with Gasteiger partial charge in [0.05, 0.1) is 6.61 Å². The zero-order chi connectivity index (χ0) is 13.1. The van der Waals surface area contributed by atoms with E-state index in [2.05, 4.69) is 22.5 Å². The van der Waals surface area contributed by atoms with Gasteiger partial charge in [0.25, 0.3) is 0 Å². The van der Waals surface area contributed by atoms with E-state index in [4.69, 9.17) is 5.11 Å². The van der Waals surface area contributed by atoms with Crippen molar-refractivity contribution in [3.8, 4) is 0 Å². The monoisotopic (exact) mass is 383 g/mol. The van der Waals surface area contributed by atoms with Crippen molar-refractivity contribution in [3.63, 3.8) is 0 Å². The molecule has 1 fully saturated rings. The van der Waals surface area contributed by atoms with Gasteiger partial charge in [-0.3, -0.25) is 4.99 Å². The molecule has 0 unspecified atom stereocenters. The van der Waals surface area contributed by atoms with E-state index >= 15 is 0 Å².